The number of fused-ring (bicyclic) bond motifs is 2. The SMILES string of the molecule is O=C(NC1CCOCC1)N1C2CCC1CC(Oc1ccccn1)C2. The Morgan fingerprint density at radius 2 is 1.92 bits per heavy atom. The van der Waals surface area contributed by atoms with Crippen molar-refractivity contribution < 1.29 is 14.3 Å². The molecule has 1 aromatic heterocycles. The Morgan fingerprint density at radius 3 is 2.58 bits per heavy atom. The van der Waals surface area contributed by atoms with Gasteiger partial charge in [0.1, 0.15) is 6.10 Å². The molecule has 24 heavy (non-hydrogen) atoms. The van der Waals surface area contributed by atoms with Crippen LogP contribution in [0.4, 0.5) is 4.79 Å². The second-order valence-corrected chi connectivity index (χ2v) is 7.01. The maximum Gasteiger partial charge on any atom is 0.318 e. The number of pyridine rings is 1. The van der Waals surface area contributed by atoms with Crippen molar-refractivity contribution >= 4 is 6.03 Å². The van der Waals surface area contributed by atoms with Crippen molar-refractivity contribution in [2.75, 3.05) is 13.2 Å². The molecule has 2 unspecified atom stereocenters. The van der Waals surface area contributed by atoms with E-state index in [2.05, 4.69) is 15.2 Å². The van der Waals surface area contributed by atoms with Gasteiger partial charge in [-0.15, -0.1) is 0 Å². The molecule has 4 rings (SSSR count). The van der Waals surface area contributed by atoms with Gasteiger partial charge in [-0.1, -0.05) is 6.07 Å². The molecule has 3 aliphatic rings. The molecule has 0 radical (unpaired) electrons. The van der Waals surface area contributed by atoms with Gasteiger partial charge in [-0.05, 0) is 31.7 Å². The van der Waals surface area contributed by atoms with Crippen molar-refractivity contribution in [1.29, 1.82) is 0 Å². The van der Waals surface area contributed by atoms with E-state index in [-0.39, 0.29) is 30.3 Å². The highest BCUT2D eigenvalue weighted by Crippen LogP contribution is 2.37. The van der Waals surface area contributed by atoms with Gasteiger partial charge in [0, 0.05) is 56.4 Å². The minimum absolute atomic E-state index is 0.102. The van der Waals surface area contributed by atoms with Gasteiger partial charge in [0.25, 0.3) is 0 Å². The third kappa shape index (κ3) is 3.34. The maximum atomic E-state index is 12.7. The summed E-state index contributed by atoms with van der Waals surface area (Å²) in [5, 5.41) is 3.21. The number of piperidine rings is 1. The van der Waals surface area contributed by atoms with Crippen LogP contribution in [0.1, 0.15) is 38.5 Å². The predicted molar refractivity (Wildman–Crippen MR) is 88.9 cm³/mol. The first-order chi connectivity index (χ1) is 11.8. The number of amides is 2. The number of hydrogen-bond acceptors (Lipinski definition) is 4. The first-order valence-electron chi connectivity index (χ1n) is 9.04. The first-order valence-corrected chi connectivity index (χ1v) is 9.04. The molecule has 3 aliphatic heterocycles. The van der Waals surface area contributed by atoms with Gasteiger partial charge in [-0.3, -0.25) is 0 Å². The minimum atomic E-state index is 0.102. The number of rotatable bonds is 3. The van der Waals surface area contributed by atoms with Crippen LogP contribution < -0.4 is 10.1 Å². The molecule has 0 spiro atoms. The van der Waals surface area contributed by atoms with Gasteiger partial charge < -0.3 is 19.7 Å². The van der Waals surface area contributed by atoms with Crippen LogP contribution in [0.5, 0.6) is 5.88 Å². The molecule has 3 saturated heterocycles. The monoisotopic (exact) mass is 331 g/mol. The van der Waals surface area contributed by atoms with E-state index >= 15 is 0 Å². The Balaban J connectivity index is 1.35. The van der Waals surface area contributed by atoms with Crippen molar-refractivity contribution in [2.45, 2.75) is 62.8 Å². The second-order valence-electron chi connectivity index (χ2n) is 7.01. The summed E-state index contributed by atoms with van der Waals surface area (Å²) in [5.74, 6) is 0.682. The highest BCUT2D eigenvalue weighted by molar-refractivity contribution is 5.75. The summed E-state index contributed by atoms with van der Waals surface area (Å²) in [7, 11) is 0. The zero-order valence-corrected chi connectivity index (χ0v) is 13.9. The Bertz CT molecular complexity index is 548. The van der Waals surface area contributed by atoms with E-state index in [4.69, 9.17) is 9.47 Å². The van der Waals surface area contributed by atoms with Gasteiger partial charge in [-0.2, -0.15) is 0 Å². The summed E-state index contributed by atoms with van der Waals surface area (Å²) in [6.45, 7) is 1.50. The fourth-order valence-corrected chi connectivity index (χ4v) is 4.23. The average molecular weight is 331 g/mol. The normalized spacial score (nSPS) is 30.2. The van der Waals surface area contributed by atoms with Crippen molar-refractivity contribution in [1.82, 2.24) is 15.2 Å². The average Bonchev–Trinajstić information content (AvgIpc) is 2.88. The quantitative estimate of drug-likeness (QED) is 0.923. The minimum Gasteiger partial charge on any atom is -0.474 e. The van der Waals surface area contributed by atoms with Gasteiger partial charge in [0.2, 0.25) is 5.88 Å². The summed E-state index contributed by atoms with van der Waals surface area (Å²) in [4.78, 5) is 19.0. The van der Waals surface area contributed by atoms with Crippen LogP contribution >= 0.6 is 0 Å². The molecule has 130 valence electrons. The fraction of sp³-hybridized carbons (Fsp3) is 0.667. The van der Waals surface area contributed by atoms with Crippen LogP contribution in [0, 0.1) is 0 Å². The van der Waals surface area contributed by atoms with E-state index in [1.807, 2.05) is 18.2 Å². The van der Waals surface area contributed by atoms with Crippen LogP contribution in [0.15, 0.2) is 24.4 Å². The van der Waals surface area contributed by atoms with Gasteiger partial charge in [-0.25, -0.2) is 9.78 Å². The third-order valence-electron chi connectivity index (χ3n) is 5.40. The summed E-state index contributed by atoms with van der Waals surface area (Å²) in [5.41, 5.74) is 0. The number of nitrogens with one attached hydrogen (secondary N) is 1. The van der Waals surface area contributed by atoms with Crippen molar-refractivity contribution in [3.63, 3.8) is 0 Å². The third-order valence-corrected chi connectivity index (χ3v) is 5.40. The lowest BCUT2D eigenvalue weighted by atomic mass is 10.00. The predicted octanol–water partition coefficient (Wildman–Crippen LogP) is 2.34. The van der Waals surface area contributed by atoms with E-state index < -0.39 is 0 Å². The number of aromatic nitrogens is 1. The molecule has 2 bridgehead atoms. The lowest BCUT2D eigenvalue weighted by molar-refractivity contribution is 0.0569. The zero-order chi connectivity index (χ0) is 16.4. The van der Waals surface area contributed by atoms with Crippen molar-refractivity contribution in [2.24, 2.45) is 0 Å². The van der Waals surface area contributed by atoms with Crippen molar-refractivity contribution in [3.8, 4) is 5.88 Å². The molecule has 1 N–H and O–H groups in total. The van der Waals surface area contributed by atoms with Gasteiger partial charge in [0.05, 0.1) is 0 Å². The highest BCUT2D eigenvalue weighted by atomic mass is 16.5. The smallest absolute Gasteiger partial charge is 0.318 e. The molecule has 0 aromatic carbocycles. The molecule has 0 saturated carbocycles. The molecule has 2 amide bonds. The Labute approximate surface area is 142 Å². The van der Waals surface area contributed by atoms with E-state index in [0.29, 0.717) is 5.88 Å². The lowest BCUT2D eigenvalue weighted by Crippen LogP contribution is -2.55. The molecular formula is C18H25N3O3. The van der Waals surface area contributed by atoms with Gasteiger partial charge in [0.15, 0.2) is 0 Å². The topological polar surface area (TPSA) is 63.7 Å². The molecule has 1 aromatic rings. The number of ether oxygens (including phenoxy) is 2. The Morgan fingerprint density at radius 1 is 1.17 bits per heavy atom. The summed E-state index contributed by atoms with van der Waals surface area (Å²) < 4.78 is 11.4. The Kier molecular flexibility index (Phi) is 4.56. The van der Waals surface area contributed by atoms with Crippen LogP contribution in [0.25, 0.3) is 0 Å². The number of carbonyl (C=O) groups excluding carboxylic acids is 1. The summed E-state index contributed by atoms with van der Waals surface area (Å²) in [6.07, 6.45) is 7.69. The standard InChI is InChI=1S/C18H25N3O3/c22-18(20-13-6-9-23-10-7-13)21-14-4-5-15(21)12-16(11-14)24-17-3-1-2-8-19-17/h1-3,8,13-16H,4-7,9-12H2,(H,20,22). The number of nitrogens with zero attached hydrogens (tertiary/aromatic N) is 2. The maximum absolute atomic E-state index is 12.7. The molecule has 6 heteroatoms. The number of carbonyl (C=O) groups is 1. The molecule has 4 heterocycles. The first kappa shape index (κ1) is 15.7. The number of hydrogen-bond donors (Lipinski definition) is 1. The van der Waals surface area contributed by atoms with Crippen LogP contribution in [0.3, 0.4) is 0 Å². The van der Waals surface area contributed by atoms with Crippen LogP contribution in [0.2, 0.25) is 0 Å². The Hall–Kier alpha value is -1.82. The van der Waals surface area contributed by atoms with Crippen LogP contribution in [-0.2, 0) is 4.74 Å². The van der Waals surface area contributed by atoms with E-state index in [0.717, 1.165) is 51.7 Å². The molecule has 2 atom stereocenters. The van der Waals surface area contributed by atoms with Gasteiger partial charge >= 0.3 is 6.03 Å². The highest BCUT2D eigenvalue weighted by Gasteiger charge is 2.44. The summed E-state index contributed by atoms with van der Waals surface area (Å²) >= 11 is 0. The van der Waals surface area contributed by atoms with E-state index in [1.165, 1.54) is 0 Å². The van der Waals surface area contributed by atoms with Crippen LogP contribution in [-0.4, -0.2) is 53.4 Å². The van der Waals surface area contributed by atoms with Crippen molar-refractivity contribution in [3.05, 3.63) is 24.4 Å². The molecule has 6 nitrogen and oxygen atoms in total. The fourth-order valence-electron chi connectivity index (χ4n) is 4.23. The summed E-state index contributed by atoms with van der Waals surface area (Å²) in [6, 6.07) is 6.66. The lowest BCUT2D eigenvalue weighted by Gasteiger charge is -2.39. The molecular weight excluding hydrogens is 306 g/mol. The van der Waals surface area contributed by atoms with E-state index in [1.54, 1.807) is 6.20 Å². The van der Waals surface area contributed by atoms with E-state index in [9.17, 15) is 4.79 Å². The molecule has 0 aliphatic carbocycles. The zero-order valence-electron chi connectivity index (χ0n) is 13.9. The second kappa shape index (κ2) is 6.97. The number of urea groups is 1. The molecule has 3 fully saturated rings. The largest absolute Gasteiger partial charge is 0.474 e.